The number of para-hydroxylation sites is 4. The first-order valence-corrected chi connectivity index (χ1v) is 56.3. The number of carbonyl (C=O) groups excluding carboxylic acids is 6. The van der Waals surface area contributed by atoms with Gasteiger partial charge in [0.25, 0.3) is 43.7 Å². The number of rotatable bonds is 52. The summed E-state index contributed by atoms with van der Waals surface area (Å²) in [6.45, 7) is 53.0. The van der Waals surface area contributed by atoms with Gasteiger partial charge >= 0.3 is 12.2 Å². The predicted molar refractivity (Wildman–Crippen MR) is 573 cm³/mol. The monoisotopic (exact) mass is 2000 g/mol. The molecule has 26 heteroatoms. The van der Waals surface area contributed by atoms with Gasteiger partial charge in [-0.05, 0) is 225 Å². The largest absolute Gasteiger partial charge is 0.489 e. The molecule has 6 amide bonds. The molecule has 2 saturated heterocycles. The van der Waals surface area contributed by atoms with Crippen LogP contribution in [0.5, 0.6) is 17.2 Å². The van der Waals surface area contributed by atoms with Gasteiger partial charge in [-0.15, -0.1) is 11.8 Å². The second-order valence-corrected chi connectivity index (χ2v) is 50.5. The Hall–Kier alpha value is -9.11. The number of aryl methyl sites for hydroxylation is 1. The smallest absolute Gasteiger partial charge is 0.418 e. The number of anilines is 2. The van der Waals surface area contributed by atoms with Crippen molar-refractivity contribution < 1.29 is 69.3 Å². The molecule has 778 valence electrons. The number of thioether (sulfide) groups is 1. The molecule has 2 fully saturated rings. The molecule has 0 spiro atoms. The zero-order chi connectivity index (χ0) is 104. The lowest BCUT2D eigenvalue weighted by Crippen LogP contribution is -2.59. The third-order valence-electron chi connectivity index (χ3n) is 27.8. The van der Waals surface area contributed by atoms with Crippen molar-refractivity contribution in [2.24, 2.45) is 44.5 Å². The zero-order valence-corrected chi connectivity index (χ0v) is 92.4. The molecular weight excluding hydrogens is 1830 g/mol. The van der Waals surface area contributed by atoms with E-state index in [2.05, 4.69) is 160 Å². The second kappa shape index (κ2) is 51.1. The zero-order valence-electron chi connectivity index (χ0n) is 90.0. The van der Waals surface area contributed by atoms with Crippen molar-refractivity contribution in [3.8, 4) is 17.2 Å². The van der Waals surface area contributed by atoms with Crippen LogP contribution in [0.1, 0.15) is 367 Å². The van der Waals surface area contributed by atoms with Gasteiger partial charge in [0.05, 0.1) is 36.0 Å². The normalized spacial score (nSPS) is 17.0. The minimum absolute atomic E-state index is 0.0140. The molecule has 0 saturated carbocycles. The number of nitrogens with one attached hydrogen (secondary N) is 2. The number of unbranched alkanes of at least 4 members (excludes halogenated alkanes) is 17. The number of aliphatic imine (C=N–C) groups is 2. The number of hydrogen-bond donors (Lipinski definition) is 2. The van der Waals surface area contributed by atoms with Crippen LogP contribution in [-0.4, -0.2) is 138 Å². The first-order valence-electron chi connectivity index (χ1n) is 52.4. The molecule has 10 rings (SSSR count). The summed E-state index contributed by atoms with van der Waals surface area (Å²) in [5.74, 6) is 0.0122. The number of fused-ring (bicyclic) bond motifs is 2. The van der Waals surface area contributed by atoms with Crippen LogP contribution in [0.25, 0.3) is 0 Å². The predicted octanol–water partition coefficient (Wildman–Crippen LogP) is 28.8. The van der Waals surface area contributed by atoms with Gasteiger partial charge in [-0.25, -0.2) is 46.2 Å². The molecule has 0 bridgehead atoms. The third kappa shape index (κ3) is 32.2. The van der Waals surface area contributed by atoms with E-state index in [1.54, 1.807) is 54.2 Å². The quantitative estimate of drug-likeness (QED) is 0.0265. The first-order chi connectivity index (χ1) is 66.3. The molecule has 4 aliphatic rings. The van der Waals surface area contributed by atoms with Crippen molar-refractivity contribution in [3.05, 3.63) is 155 Å². The number of amides is 6. The Morgan fingerprint density at radius 3 is 1.40 bits per heavy atom. The van der Waals surface area contributed by atoms with E-state index in [0.29, 0.717) is 78.9 Å². The van der Waals surface area contributed by atoms with Gasteiger partial charge in [0.2, 0.25) is 0 Å². The maximum atomic E-state index is 15.5. The highest BCUT2D eigenvalue weighted by atomic mass is 32.2. The number of hydrogen-bond acceptors (Lipinski definition) is 18. The third-order valence-corrected chi connectivity index (χ3v) is 32.8. The summed E-state index contributed by atoms with van der Waals surface area (Å²) < 4.78 is 91.7. The number of sulfonamides is 2. The summed E-state index contributed by atoms with van der Waals surface area (Å²) in [6.07, 6.45) is 27.2. The average Bonchev–Trinajstić information content (AvgIpc) is 1.72. The molecule has 0 aromatic heterocycles. The van der Waals surface area contributed by atoms with Crippen LogP contribution in [0.2, 0.25) is 0 Å². The van der Waals surface area contributed by atoms with Crippen LogP contribution >= 0.6 is 11.8 Å². The van der Waals surface area contributed by atoms with Gasteiger partial charge in [0, 0.05) is 30.3 Å². The summed E-state index contributed by atoms with van der Waals surface area (Å²) >= 11 is 1.67. The van der Waals surface area contributed by atoms with Gasteiger partial charge in [-0.2, -0.15) is 0 Å². The minimum atomic E-state index is -4.41. The lowest BCUT2D eigenvalue weighted by atomic mass is 9.76. The van der Waals surface area contributed by atoms with E-state index < -0.39 is 84.6 Å². The fourth-order valence-electron chi connectivity index (χ4n) is 18.9. The van der Waals surface area contributed by atoms with Crippen molar-refractivity contribution >= 4 is 102 Å². The van der Waals surface area contributed by atoms with Crippen molar-refractivity contribution in [2.75, 3.05) is 42.7 Å². The van der Waals surface area contributed by atoms with Crippen molar-refractivity contribution in [3.63, 3.8) is 0 Å². The molecule has 6 atom stereocenters. The number of amidine groups is 2. The van der Waals surface area contributed by atoms with E-state index in [0.717, 1.165) is 130 Å². The first kappa shape index (κ1) is 115. The summed E-state index contributed by atoms with van der Waals surface area (Å²) in [4.78, 5) is 98.5. The van der Waals surface area contributed by atoms with Crippen molar-refractivity contribution in [1.29, 1.82) is 0 Å². The fraction of sp³-hybridized carbons (Fsp3) is 0.617. The van der Waals surface area contributed by atoms with E-state index >= 15 is 9.59 Å². The Bertz CT molecular complexity index is 5500. The van der Waals surface area contributed by atoms with Gasteiger partial charge in [0.15, 0.2) is 52.2 Å². The van der Waals surface area contributed by atoms with E-state index in [1.165, 1.54) is 122 Å². The van der Waals surface area contributed by atoms with Crippen molar-refractivity contribution in [2.45, 2.75) is 407 Å². The van der Waals surface area contributed by atoms with E-state index in [-0.39, 0.29) is 84.9 Å². The summed E-state index contributed by atoms with van der Waals surface area (Å²) in [5.41, 5.74) is 2.79. The second-order valence-electron chi connectivity index (χ2n) is 45.8. The highest BCUT2D eigenvalue weighted by Gasteiger charge is 2.58. The van der Waals surface area contributed by atoms with Gasteiger partial charge in [-0.3, -0.25) is 27.8 Å². The van der Waals surface area contributed by atoms with Crippen LogP contribution in [0.3, 0.4) is 0 Å². The molecule has 6 aromatic carbocycles. The SMILES string of the molecule is CCC(C)(C)c1ccc(COCCCCN2C(C(C(=O)Nc3cc(C(C)(C)C)ccc3Oc3ccccc3OCC(CCC(C)CC(C)(C)C)C(C)CC(C)(C)C)N3C(=O)OC(C)(C)C3=O)=Nc3ccccc3S2(=O)=O)c(C)c1.CCCCCCCCCCCCCCCCCCN1C(C(C(=O)Nc2cc(C(C)(C)C)ccc2SCC(CC)CCCC)N2C(=O)OC(C)(C)C2=O)=Nc2ccccc2S1(=O)=O. The lowest BCUT2D eigenvalue weighted by molar-refractivity contribution is -0.137. The Morgan fingerprint density at radius 2 is 0.936 bits per heavy atom. The molecule has 141 heavy (non-hydrogen) atoms. The number of ether oxygens (including phenoxy) is 5. The molecule has 6 aromatic rings. The van der Waals surface area contributed by atoms with E-state index in [4.69, 9.17) is 33.7 Å². The summed E-state index contributed by atoms with van der Waals surface area (Å²) in [7, 11) is -8.64. The van der Waals surface area contributed by atoms with Crippen LogP contribution in [-0.2, 0) is 76.3 Å². The maximum absolute atomic E-state index is 15.5. The topological polar surface area (TPSA) is 279 Å². The van der Waals surface area contributed by atoms with Crippen LogP contribution in [0.15, 0.2) is 152 Å². The Labute approximate surface area is 851 Å². The molecule has 0 radical (unpaired) electrons. The molecule has 23 nitrogen and oxygen atoms in total. The molecule has 0 aliphatic carbocycles. The standard InChI is InChI=1S/C65H92N4O9S.C50H78N4O6S2/c1-18-64(14,15)49-32-31-46(44(3)37-49)41-75-36-24-23-35-68-57(66-50-25-19-22-28-55(50)79(68,73)74)56(69-59(71)65(16,17)78-60(69)72)58(70)67-51-38-48(63(11,12)13)33-34-52(51)77-54-27-21-20-26-53(54)76-42-47(45(4)40-62(8,9)10)30-29-43(2)39-61(5,6)7;1-9-12-14-15-16-17-18-19-20-21-22-23-24-25-26-29-35-53-45(51-40-31-27-28-32-43(40)62(53,58)59)44(54-47(56)50(7,8)60-48(54)57)46(55)52-41-36-39(49(4,5)6)33-34-42(41)61-37-38(11-3)30-13-10-2/h19-22,25-28,31-34,37-38,43,45,47,56H,18,23-24,29-30,35-36,39-42H2,1-17H3,(H,67,70);27-28,31-34,36,38,44H,9-26,29-30,35,37H2,1-8H3,(H,52,55). The number of carbonyl (C=O) groups is 6. The highest BCUT2D eigenvalue weighted by Crippen LogP contribution is 2.45. The van der Waals surface area contributed by atoms with E-state index in [9.17, 15) is 36.0 Å². The highest BCUT2D eigenvalue weighted by molar-refractivity contribution is 7.99. The molecule has 4 heterocycles. The van der Waals surface area contributed by atoms with Gasteiger partial charge in [-0.1, -0.05) is 327 Å². The van der Waals surface area contributed by atoms with E-state index in [1.807, 2.05) is 63.2 Å². The van der Waals surface area contributed by atoms with Gasteiger partial charge in [0.1, 0.15) is 9.79 Å². The molecule has 4 aliphatic heterocycles. The Morgan fingerprint density at radius 1 is 0.489 bits per heavy atom. The minimum Gasteiger partial charge on any atom is -0.489 e. The van der Waals surface area contributed by atoms with Crippen LogP contribution < -0.4 is 20.1 Å². The number of cyclic esters (lactones) is 2. The fourth-order valence-corrected chi connectivity index (χ4v) is 23.4. The Kier molecular flexibility index (Phi) is 41.8. The average molecular weight is 2000 g/mol. The van der Waals surface area contributed by atoms with Crippen LogP contribution in [0, 0.1) is 41.4 Å². The van der Waals surface area contributed by atoms with Crippen LogP contribution in [0.4, 0.5) is 32.3 Å². The number of benzene rings is 6. The van der Waals surface area contributed by atoms with Crippen molar-refractivity contribution in [1.82, 2.24) is 18.4 Å². The van der Waals surface area contributed by atoms with Gasteiger partial charge < -0.3 is 34.3 Å². The lowest BCUT2D eigenvalue weighted by Gasteiger charge is -2.35. The summed E-state index contributed by atoms with van der Waals surface area (Å²) in [5, 5.41) is 6.08. The molecule has 6 unspecified atom stereocenters. The summed E-state index contributed by atoms with van der Waals surface area (Å²) in [6, 6.07) is 34.4. The molecule has 2 N–H and O–H groups in total. The molecular formula is C115H170N8O15S3. The maximum Gasteiger partial charge on any atom is 0.418 e. The number of nitrogens with zero attached hydrogens (tertiary/aromatic N) is 6. The Balaban J connectivity index is 0.000000324. The number of imide groups is 2.